The lowest BCUT2D eigenvalue weighted by atomic mass is 9.81. The monoisotopic (exact) mass is 261 g/mol. The van der Waals surface area contributed by atoms with E-state index in [1.54, 1.807) is 0 Å². The molecule has 104 valence electrons. The largest absolute Gasteiger partial charge is 0.480 e. The first-order valence-electron chi connectivity index (χ1n) is 6.52. The Bertz CT molecular complexity index is 446. The maximum atomic E-state index is 10.7. The molecule has 3 heteroatoms. The molecule has 3 N–H and O–H groups in total. The molecule has 1 rings (SSSR count). The lowest BCUT2D eigenvalue weighted by molar-refractivity contribution is -0.138. The van der Waals surface area contributed by atoms with Crippen molar-refractivity contribution in [2.75, 3.05) is 0 Å². The fourth-order valence-corrected chi connectivity index (χ4v) is 2.07. The van der Waals surface area contributed by atoms with Crippen molar-refractivity contribution in [1.29, 1.82) is 0 Å². The number of carboxylic acid groups (broad SMARTS) is 1. The molecule has 0 aromatic heterocycles. The Kier molecular flexibility index (Phi) is 5.31. The highest BCUT2D eigenvalue weighted by molar-refractivity contribution is 5.73. The summed E-state index contributed by atoms with van der Waals surface area (Å²) < 4.78 is 0. The van der Waals surface area contributed by atoms with E-state index in [0.717, 1.165) is 23.1 Å². The lowest BCUT2D eigenvalue weighted by Crippen LogP contribution is -2.30. The number of carboxylic acids is 1. The summed E-state index contributed by atoms with van der Waals surface area (Å²) in [6.07, 6.45) is 7.35. The molecule has 0 aromatic rings. The predicted octanol–water partition coefficient (Wildman–Crippen LogP) is 3.06. The molecule has 0 saturated carbocycles. The second kappa shape index (κ2) is 6.53. The zero-order valence-corrected chi connectivity index (χ0v) is 11.7. The highest BCUT2D eigenvalue weighted by atomic mass is 16.4. The van der Waals surface area contributed by atoms with Gasteiger partial charge >= 0.3 is 5.97 Å². The van der Waals surface area contributed by atoms with Gasteiger partial charge in [-0.3, -0.25) is 4.79 Å². The molecule has 0 heterocycles. The van der Waals surface area contributed by atoms with Gasteiger partial charge in [0.15, 0.2) is 0 Å². The highest BCUT2D eigenvalue weighted by Gasteiger charge is 2.19. The van der Waals surface area contributed by atoms with Crippen LogP contribution < -0.4 is 5.73 Å². The minimum Gasteiger partial charge on any atom is -0.480 e. The van der Waals surface area contributed by atoms with Gasteiger partial charge in [-0.2, -0.15) is 0 Å². The smallest absolute Gasteiger partial charge is 0.320 e. The van der Waals surface area contributed by atoms with E-state index < -0.39 is 12.0 Å². The van der Waals surface area contributed by atoms with Crippen LogP contribution in [0.2, 0.25) is 0 Å². The van der Waals surface area contributed by atoms with E-state index in [2.05, 4.69) is 32.2 Å². The van der Waals surface area contributed by atoms with E-state index in [1.807, 2.05) is 13.0 Å². The van der Waals surface area contributed by atoms with E-state index in [0.29, 0.717) is 18.3 Å². The molecule has 19 heavy (non-hydrogen) atoms. The van der Waals surface area contributed by atoms with Crippen LogP contribution in [0.4, 0.5) is 0 Å². The van der Waals surface area contributed by atoms with E-state index in [1.165, 1.54) is 0 Å². The molecule has 3 unspecified atom stereocenters. The molecule has 0 radical (unpaired) electrons. The van der Waals surface area contributed by atoms with Crippen molar-refractivity contribution in [2.45, 2.75) is 32.7 Å². The van der Waals surface area contributed by atoms with Crippen LogP contribution in [0.1, 0.15) is 26.7 Å². The van der Waals surface area contributed by atoms with Crippen LogP contribution in [0.25, 0.3) is 0 Å². The second-order valence-electron chi connectivity index (χ2n) is 5.27. The van der Waals surface area contributed by atoms with Gasteiger partial charge in [0, 0.05) is 5.92 Å². The van der Waals surface area contributed by atoms with Gasteiger partial charge in [0.25, 0.3) is 0 Å². The predicted molar refractivity (Wildman–Crippen MR) is 78.7 cm³/mol. The van der Waals surface area contributed by atoms with Crippen molar-refractivity contribution in [3.05, 3.63) is 48.1 Å². The Labute approximate surface area is 115 Å². The van der Waals surface area contributed by atoms with Crippen molar-refractivity contribution in [3.8, 4) is 0 Å². The number of aliphatic carboxylic acids is 1. The van der Waals surface area contributed by atoms with Crippen LogP contribution in [0, 0.1) is 11.8 Å². The van der Waals surface area contributed by atoms with Crippen LogP contribution in [-0.2, 0) is 4.79 Å². The molecule has 1 aliphatic rings. The van der Waals surface area contributed by atoms with Crippen molar-refractivity contribution < 1.29 is 9.90 Å². The van der Waals surface area contributed by atoms with Gasteiger partial charge in [0.2, 0.25) is 0 Å². The fraction of sp³-hybridized carbons (Fsp3) is 0.438. The highest BCUT2D eigenvalue weighted by Crippen LogP contribution is 2.30. The molecular weight excluding hydrogens is 238 g/mol. The van der Waals surface area contributed by atoms with Crippen LogP contribution in [0.15, 0.2) is 48.1 Å². The maximum absolute atomic E-state index is 10.7. The SMILES string of the molecule is C=C(C)C(C)C(=C)C1C=CC(CC(N)C(=O)O)=CC1. The second-order valence-corrected chi connectivity index (χ2v) is 5.27. The number of nitrogens with two attached hydrogens (primary N) is 1. The minimum atomic E-state index is -0.961. The van der Waals surface area contributed by atoms with Crippen molar-refractivity contribution in [3.63, 3.8) is 0 Å². The molecule has 0 aromatic carbocycles. The van der Waals surface area contributed by atoms with Gasteiger partial charge in [-0.25, -0.2) is 0 Å². The van der Waals surface area contributed by atoms with Gasteiger partial charge in [-0.05, 0) is 25.7 Å². The first-order valence-corrected chi connectivity index (χ1v) is 6.52. The summed E-state index contributed by atoms with van der Waals surface area (Å²) in [5.74, 6) is -0.362. The zero-order chi connectivity index (χ0) is 14.6. The first kappa shape index (κ1) is 15.4. The molecule has 0 spiro atoms. The normalized spacial score (nSPS) is 21.4. The average molecular weight is 261 g/mol. The number of carbonyl (C=O) groups is 1. The number of rotatable bonds is 6. The Morgan fingerprint density at radius 2 is 2.21 bits per heavy atom. The van der Waals surface area contributed by atoms with Crippen LogP contribution in [0.5, 0.6) is 0 Å². The van der Waals surface area contributed by atoms with Gasteiger partial charge in [-0.15, -0.1) is 0 Å². The van der Waals surface area contributed by atoms with Gasteiger partial charge in [0.05, 0.1) is 0 Å². The molecule has 0 saturated heterocycles. The summed E-state index contributed by atoms with van der Waals surface area (Å²) in [6.45, 7) is 12.2. The Morgan fingerprint density at radius 1 is 1.58 bits per heavy atom. The van der Waals surface area contributed by atoms with E-state index in [9.17, 15) is 4.79 Å². The molecule has 3 nitrogen and oxygen atoms in total. The molecule has 3 atom stereocenters. The third kappa shape index (κ3) is 4.21. The Morgan fingerprint density at radius 3 is 2.63 bits per heavy atom. The van der Waals surface area contributed by atoms with Gasteiger partial charge in [0.1, 0.15) is 6.04 Å². The molecule has 0 bridgehead atoms. The summed E-state index contributed by atoms with van der Waals surface area (Å²) in [5.41, 5.74) is 8.78. The first-order chi connectivity index (χ1) is 8.82. The standard InChI is InChI=1S/C16H23NO2/c1-10(2)11(3)12(4)14-7-5-13(6-8-14)9-15(17)16(18)19/h5-7,11,14-15H,1,4,8-9,17H2,2-3H3,(H,18,19). The van der Waals surface area contributed by atoms with E-state index >= 15 is 0 Å². The van der Waals surface area contributed by atoms with Crippen molar-refractivity contribution >= 4 is 5.97 Å². The number of allylic oxidation sites excluding steroid dienone is 5. The average Bonchev–Trinajstić information content (AvgIpc) is 2.37. The molecule has 0 fully saturated rings. The molecule has 0 aliphatic heterocycles. The third-order valence-corrected chi connectivity index (χ3v) is 3.72. The van der Waals surface area contributed by atoms with Crippen LogP contribution >= 0.6 is 0 Å². The quantitative estimate of drug-likeness (QED) is 0.722. The third-order valence-electron chi connectivity index (χ3n) is 3.72. The summed E-state index contributed by atoms with van der Waals surface area (Å²) in [7, 11) is 0. The van der Waals surface area contributed by atoms with Gasteiger partial charge in [-0.1, -0.05) is 55.0 Å². The zero-order valence-electron chi connectivity index (χ0n) is 11.7. The summed E-state index contributed by atoms with van der Waals surface area (Å²) in [5, 5.41) is 8.79. The van der Waals surface area contributed by atoms with E-state index in [4.69, 9.17) is 10.8 Å². The summed E-state index contributed by atoms with van der Waals surface area (Å²) in [4.78, 5) is 10.7. The van der Waals surface area contributed by atoms with Crippen molar-refractivity contribution in [1.82, 2.24) is 0 Å². The molecule has 1 aliphatic carbocycles. The van der Waals surface area contributed by atoms with Crippen molar-refractivity contribution in [2.24, 2.45) is 17.6 Å². The topological polar surface area (TPSA) is 63.3 Å². The Hall–Kier alpha value is -1.61. The number of hydrogen-bond donors (Lipinski definition) is 2. The van der Waals surface area contributed by atoms with E-state index in [-0.39, 0.29) is 0 Å². The summed E-state index contributed by atoms with van der Waals surface area (Å²) in [6, 6.07) is -0.829. The van der Waals surface area contributed by atoms with Crippen LogP contribution in [0.3, 0.4) is 0 Å². The summed E-state index contributed by atoms with van der Waals surface area (Å²) >= 11 is 0. The molecule has 0 amide bonds. The minimum absolute atomic E-state index is 0.297. The van der Waals surface area contributed by atoms with Gasteiger partial charge < -0.3 is 10.8 Å². The molecular formula is C16H23NO2. The number of hydrogen-bond acceptors (Lipinski definition) is 2. The Balaban J connectivity index is 2.60. The maximum Gasteiger partial charge on any atom is 0.320 e. The van der Waals surface area contributed by atoms with Crippen LogP contribution in [-0.4, -0.2) is 17.1 Å². The lowest BCUT2D eigenvalue weighted by Gasteiger charge is -2.24. The fourth-order valence-electron chi connectivity index (χ4n) is 2.07.